The maximum Gasteiger partial charge on any atom is 0.307 e. The molecule has 1 N–H and O–H groups in total. The van der Waals surface area contributed by atoms with Gasteiger partial charge in [0.15, 0.2) is 0 Å². The van der Waals surface area contributed by atoms with Gasteiger partial charge in [-0.3, -0.25) is 4.79 Å². The van der Waals surface area contributed by atoms with E-state index in [0.717, 1.165) is 12.0 Å². The molecule has 3 heteroatoms. The van der Waals surface area contributed by atoms with E-state index in [-0.39, 0.29) is 5.92 Å². The van der Waals surface area contributed by atoms with E-state index in [9.17, 15) is 9.90 Å². The van der Waals surface area contributed by atoms with E-state index < -0.39 is 5.97 Å². The van der Waals surface area contributed by atoms with Crippen LogP contribution in [0.25, 0.3) is 0 Å². The topological polar surface area (TPSA) is 37.3 Å². The second-order valence-corrected chi connectivity index (χ2v) is 6.40. The Balaban J connectivity index is 2.07. The molecule has 0 spiro atoms. The molecule has 1 aromatic heterocycles. The van der Waals surface area contributed by atoms with Crippen LogP contribution in [0, 0.1) is 12.8 Å². The summed E-state index contributed by atoms with van der Waals surface area (Å²) in [7, 11) is 0. The first-order chi connectivity index (χ1) is 9.58. The third-order valence-corrected chi connectivity index (χ3v) is 4.72. The lowest BCUT2D eigenvalue weighted by atomic mass is 9.95. The summed E-state index contributed by atoms with van der Waals surface area (Å²) in [6.45, 7) is 4.16. The zero-order valence-electron chi connectivity index (χ0n) is 11.9. The summed E-state index contributed by atoms with van der Waals surface area (Å²) < 4.78 is 0. The van der Waals surface area contributed by atoms with E-state index in [0.29, 0.717) is 12.8 Å². The van der Waals surface area contributed by atoms with Gasteiger partial charge in [0.25, 0.3) is 0 Å². The van der Waals surface area contributed by atoms with Crippen molar-refractivity contribution in [1.82, 2.24) is 0 Å². The predicted molar refractivity (Wildman–Crippen MR) is 83.4 cm³/mol. The standard InChI is InChI=1S/C17H20O2S/c1-3-15-8-9-16(20-15)11-14(17(18)19)10-13-6-4-12(2)5-7-13/h4-9,14H,3,10-11H2,1-2H3,(H,18,19). The van der Waals surface area contributed by atoms with Crippen LogP contribution in [0.4, 0.5) is 0 Å². The first kappa shape index (κ1) is 14.8. The van der Waals surface area contributed by atoms with Crippen molar-refractivity contribution in [2.75, 3.05) is 0 Å². The Morgan fingerprint density at radius 1 is 1.10 bits per heavy atom. The molecule has 0 aliphatic heterocycles. The number of carboxylic acid groups (broad SMARTS) is 1. The monoisotopic (exact) mass is 288 g/mol. The van der Waals surface area contributed by atoms with Gasteiger partial charge >= 0.3 is 5.97 Å². The van der Waals surface area contributed by atoms with E-state index in [2.05, 4.69) is 19.1 Å². The van der Waals surface area contributed by atoms with Gasteiger partial charge in [0.1, 0.15) is 0 Å². The number of thiophene rings is 1. The van der Waals surface area contributed by atoms with Crippen LogP contribution in [0.2, 0.25) is 0 Å². The summed E-state index contributed by atoms with van der Waals surface area (Å²) in [5, 5.41) is 9.42. The predicted octanol–water partition coefficient (Wildman–Crippen LogP) is 4.10. The van der Waals surface area contributed by atoms with Gasteiger partial charge in [-0.25, -0.2) is 0 Å². The average Bonchev–Trinajstić information content (AvgIpc) is 2.88. The van der Waals surface area contributed by atoms with Crippen molar-refractivity contribution in [1.29, 1.82) is 0 Å². The van der Waals surface area contributed by atoms with Gasteiger partial charge < -0.3 is 5.11 Å². The van der Waals surface area contributed by atoms with Gasteiger partial charge in [-0.05, 0) is 43.9 Å². The number of aliphatic carboxylic acids is 1. The molecular formula is C17H20O2S. The number of carbonyl (C=O) groups is 1. The molecule has 1 heterocycles. The van der Waals surface area contributed by atoms with Crippen molar-refractivity contribution in [3.05, 3.63) is 57.3 Å². The fraction of sp³-hybridized carbons (Fsp3) is 0.353. The quantitative estimate of drug-likeness (QED) is 0.868. The molecule has 2 nitrogen and oxygen atoms in total. The van der Waals surface area contributed by atoms with Crippen molar-refractivity contribution < 1.29 is 9.90 Å². The molecule has 0 aliphatic rings. The van der Waals surface area contributed by atoms with E-state index >= 15 is 0 Å². The molecular weight excluding hydrogens is 268 g/mol. The van der Waals surface area contributed by atoms with Gasteiger partial charge in [-0.15, -0.1) is 11.3 Å². The maximum atomic E-state index is 11.5. The molecule has 2 rings (SSSR count). The first-order valence-electron chi connectivity index (χ1n) is 6.94. The minimum atomic E-state index is -0.711. The van der Waals surface area contributed by atoms with Crippen molar-refractivity contribution in [2.24, 2.45) is 5.92 Å². The van der Waals surface area contributed by atoms with Crippen molar-refractivity contribution in [2.45, 2.75) is 33.1 Å². The van der Waals surface area contributed by atoms with Crippen molar-refractivity contribution >= 4 is 17.3 Å². The molecule has 106 valence electrons. The number of aryl methyl sites for hydroxylation is 2. The SMILES string of the molecule is CCc1ccc(CC(Cc2ccc(C)cc2)C(=O)O)s1. The Bertz CT molecular complexity index is 569. The molecule has 0 amide bonds. The summed E-state index contributed by atoms with van der Waals surface area (Å²) >= 11 is 1.73. The van der Waals surface area contributed by atoms with E-state index in [1.165, 1.54) is 15.3 Å². The highest BCUT2D eigenvalue weighted by Gasteiger charge is 2.19. The second kappa shape index (κ2) is 6.71. The van der Waals surface area contributed by atoms with Crippen LogP contribution >= 0.6 is 11.3 Å². The minimum absolute atomic E-state index is 0.346. The molecule has 1 atom stereocenters. The Morgan fingerprint density at radius 2 is 1.75 bits per heavy atom. The molecule has 0 radical (unpaired) electrons. The highest BCUT2D eigenvalue weighted by molar-refractivity contribution is 7.12. The summed E-state index contributed by atoms with van der Waals surface area (Å²) in [6, 6.07) is 12.3. The average molecular weight is 288 g/mol. The zero-order chi connectivity index (χ0) is 14.5. The van der Waals surface area contributed by atoms with Gasteiger partial charge in [-0.1, -0.05) is 36.8 Å². The number of rotatable bonds is 6. The summed E-state index contributed by atoms with van der Waals surface area (Å²) in [5.74, 6) is -1.06. The molecule has 20 heavy (non-hydrogen) atoms. The molecule has 1 unspecified atom stereocenters. The first-order valence-corrected chi connectivity index (χ1v) is 7.76. The van der Waals surface area contributed by atoms with Gasteiger partial charge in [-0.2, -0.15) is 0 Å². The smallest absolute Gasteiger partial charge is 0.307 e. The van der Waals surface area contributed by atoms with Crippen LogP contribution in [-0.2, 0) is 24.1 Å². The molecule has 0 fully saturated rings. The minimum Gasteiger partial charge on any atom is -0.481 e. The van der Waals surface area contributed by atoms with Crippen molar-refractivity contribution in [3.63, 3.8) is 0 Å². The molecule has 0 saturated carbocycles. The lowest BCUT2D eigenvalue weighted by molar-refractivity contribution is -0.141. The largest absolute Gasteiger partial charge is 0.481 e. The number of benzene rings is 1. The second-order valence-electron chi connectivity index (χ2n) is 5.15. The highest BCUT2D eigenvalue weighted by Crippen LogP contribution is 2.22. The van der Waals surface area contributed by atoms with Crippen LogP contribution < -0.4 is 0 Å². The summed E-state index contributed by atoms with van der Waals surface area (Å²) in [6.07, 6.45) is 2.23. The Morgan fingerprint density at radius 3 is 2.30 bits per heavy atom. The van der Waals surface area contributed by atoms with Gasteiger partial charge in [0.05, 0.1) is 5.92 Å². The molecule has 0 bridgehead atoms. The van der Waals surface area contributed by atoms with E-state index in [1.807, 2.05) is 31.2 Å². The van der Waals surface area contributed by atoms with Crippen LogP contribution in [0.3, 0.4) is 0 Å². The molecule has 2 aromatic rings. The molecule has 1 aromatic carbocycles. The van der Waals surface area contributed by atoms with Crippen LogP contribution in [-0.4, -0.2) is 11.1 Å². The van der Waals surface area contributed by atoms with Gasteiger partial charge in [0, 0.05) is 9.75 Å². The van der Waals surface area contributed by atoms with Crippen molar-refractivity contribution in [3.8, 4) is 0 Å². The Kier molecular flexibility index (Phi) is 4.96. The van der Waals surface area contributed by atoms with Gasteiger partial charge in [0.2, 0.25) is 0 Å². The molecule has 0 aliphatic carbocycles. The highest BCUT2D eigenvalue weighted by atomic mass is 32.1. The number of hydrogen-bond donors (Lipinski definition) is 1. The lowest BCUT2D eigenvalue weighted by Crippen LogP contribution is -2.18. The molecule has 0 saturated heterocycles. The number of carboxylic acids is 1. The summed E-state index contributed by atoms with van der Waals surface area (Å²) in [4.78, 5) is 13.9. The van der Waals surface area contributed by atoms with Crippen LogP contribution in [0.1, 0.15) is 27.8 Å². The maximum absolute atomic E-state index is 11.5. The Labute approximate surface area is 124 Å². The Hall–Kier alpha value is -1.61. The lowest BCUT2D eigenvalue weighted by Gasteiger charge is -2.11. The normalized spacial score (nSPS) is 12.3. The zero-order valence-corrected chi connectivity index (χ0v) is 12.7. The fourth-order valence-electron chi connectivity index (χ4n) is 2.22. The summed E-state index contributed by atoms with van der Waals surface area (Å²) in [5.41, 5.74) is 2.29. The van der Waals surface area contributed by atoms with E-state index in [1.54, 1.807) is 11.3 Å². The number of hydrogen-bond acceptors (Lipinski definition) is 2. The third-order valence-electron chi connectivity index (χ3n) is 3.47. The third kappa shape index (κ3) is 3.94. The van der Waals surface area contributed by atoms with Crippen LogP contribution in [0.15, 0.2) is 36.4 Å². The van der Waals surface area contributed by atoms with E-state index in [4.69, 9.17) is 0 Å². The fourth-order valence-corrected chi connectivity index (χ4v) is 3.26. The van der Waals surface area contributed by atoms with Crippen LogP contribution in [0.5, 0.6) is 0 Å².